The first-order valence-electron chi connectivity index (χ1n) is 15.4. The van der Waals surface area contributed by atoms with Crippen molar-refractivity contribution in [3.63, 3.8) is 0 Å². The lowest BCUT2D eigenvalue weighted by molar-refractivity contribution is 0.0562. The van der Waals surface area contributed by atoms with E-state index >= 15 is 0 Å². The summed E-state index contributed by atoms with van der Waals surface area (Å²) in [5, 5.41) is 19.8. The molecule has 0 unspecified atom stereocenters. The number of amidine groups is 1. The van der Waals surface area contributed by atoms with E-state index in [-0.39, 0.29) is 17.6 Å². The zero-order chi connectivity index (χ0) is 33.8. The third kappa shape index (κ3) is 7.23. The van der Waals surface area contributed by atoms with Crippen LogP contribution in [0.3, 0.4) is 0 Å². The van der Waals surface area contributed by atoms with Crippen molar-refractivity contribution in [1.82, 2.24) is 14.9 Å². The molecule has 6 rings (SSSR count). The zero-order valence-corrected chi connectivity index (χ0v) is 26.7. The van der Waals surface area contributed by atoms with Gasteiger partial charge in [0.25, 0.3) is 11.8 Å². The monoisotopic (exact) mass is 638 g/mol. The minimum Gasteiger partial charge on any atom is -0.444 e. The number of amides is 3. The Bertz CT molecular complexity index is 2160. The molecule has 0 spiro atoms. The number of alkyl carbamates (subject to hydrolysis) is 1. The van der Waals surface area contributed by atoms with Gasteiger partial charge >= 0.3 is 6.09 Å². The number of pyridine rings is 1. The Labute approximate surface area is 277 Å². The molecular formula is C38H34N6O4. The number of benzene rings is 4. The Morgan fingerprint density at radius 3 is 2.17 bits per heavy atom. The Morgan fingerprint density at radius 1 is 0.771 bits per heavy atom. The second kappa shape index (κ2) is 13.2. The van der Waals surface area contributed by atoms with Crippen molar-refractivity contribution in [1.29, 1.82) is 5.41 Å². The van der Waals surface area contributed by atoms with Gasteiger partial charge in [-0.25, -0.2) is 4.79 Å². The number of fused-ring (bicyclic) bond motifs is 2. The molecule has 0 fully saturated rings. The van der Waals surface area contributed by atoms with Crippen LogP contribution < -0.4 is 16.0 Å². The molecule has 240 valence electrons. The van der Waals surface area contributed by atoms with Crippen molar-refractivity contribution < 1.29 is 19.1 Å². The minimum atomic E-state index is -0.721. The fraction of sp³-hybridized carbons (Fsp3) is 0.132. The fourth-order valence-electron chi connectivity index (χ4n) is 5.37. The van der Waals surface area contributed by atoms with E-state index in [2.05, 4.69) is 27.0 Å². The lowest BCUT2D eigenvalue weighted by Gasteiger charge is -2.20. The van der Waals surface area contributed by atoms with Gasteiger partial charge in [-0.2, -0.15) is 0 Å². The molecule has 0 bridgehead atoms. The molecule has 0 radical (unpaired) electrons. The van der Waals surface area contributed by atoms with Crippen molar-refractivity contribution in [3.8, 4) is 0 Å². The molecule has 10 nitrogen and oxygen atoms in total. The van der Waals surface area contributed by atoms with Gasteiger partial charge < -0.3 is 19.9 Å². The summed E-state index contributed by atoms with van der Waals surface area (Å²) in [5.74, 6) is -0.787. The number of rotatable bonds is 7. The lowest BCUT2D eigenvalue weighted by atomic mass is 10.0. The molecule has 0 atom stereocenters. The highest BCUT2D eigenvalue weighted by atomic mass is 16.6. The average Bonchev–Trinajstić information content (AvgIpc) is 3.43. The van der Waals surface area contributed by atoms with E-state index in [1.807, 2.05) is 53.1 Å². The lowest BCUT2D eigenvalue weighted by Crippen LogP contribution is -2.36. The Balaban J connectivity index is 1.30. The van der Waals surface area contributed by atoms with E-state index in [0.717, 1.165) is 21.7 Å². The van der Waals surface area contributed by atoms with Gasteiger partial charge in [-0.15, -0.1) is 0 Å². The highest BCUT2D eigenvalue weighted by molar-refractivity contribution is 6.09. The van der Waals surface area contributed by atoms with Crippen LogP contribution in [-0.2, 0) is 11.3 Å². The molecule has 0 aliphatic carbocycles. The Kier molecular flexibility index (Phi) is 8.72. The summed E-state index contributed by atoms with van der Waals surface area (Å²) >= 11 is 0. The van der Waals surface area contributed by atoms with Crippen LogP contribution in [0.1, 0.15) is 52.9 Å². The van der Waals surface area contributed by atoms with Crippen molar-refractivity contribution in [2.45, 2.75) is 32.9 Å². The third-order valence-electron chi connectivity index (χ3n) is 7.56. The number of aromatic nitrogens is 2. The second-order valence-corrected chi connectivity index (χ2v) is 12.2. The molecule has 4 aromatic carbocycles. The van der Waals surface area contributed by atoms with Crippen molar-refractivity contribution in [3.05, 3.63) is 138 Å². The van der Waals surface area contributed by atoms with Crippen LogP contribution in [0.25, 0.3) is 21.7 Å². The van der Waals surface area contributed by atoms with Crippen LogP contribution in [0.2, 0.25) is 0 Å². The number of hydrogen-bond donors (Lipinski definition) is 4. The highest BCUT2D eigenvalue weighted by Crippen LogP contribution is 2.27. The minimum absolute atomic E-state index is 0.120. The summed E-state index contributed by atoms with van der Waals surface area (Å²) in [7, 11) is 0. The van der Waals surface area contributed by atoms with E-state index in [0.29, 0.717) is 40.4 Å². The first kappa shape index (κ1) is 31.7. The quantitative estimate of drug-likeness (QED) is 0.105. The summed E-state index contributed by atoms with van der Waals surface area (Å²) in [6.07, 6.45) is 0.833. The summed E-state index contributed by atoms with van der Waals surface area (Å²) in [4.78, 5) is 42.8. The maximum absolute atomic E-state index is 13.9. The fourth-order valence-corrected chi connectivity index (χ4v) is 5.37. The predicted molar refractivity (Wildman–Crippen MR) is 188 cm³/mol. The number of carbonyl (C=O) groups excluding carboxylic acids is 3. The molecular weight excluding hydrogens is 604 g/mol. The van der Waals surface area contributed by atoms with Gasteiger partial charge in [-0.3, -0.25) is 25.3 Å². The second-order valence-electron chi connectivity index (χ2n) is 12.2. The number of nitrogens with one attached hydrogen (secondary N) is 4. The van der Waals surface area contributed by atoms with Crippen LogP contribution in [0.4, 0.5) is 16.2 Å². The van der Waals surface area contributed by atoms with E-state index in [9.17, 15) is 14.4 Å². The van der Waals surface area contributed by atoms with Crippen LogP contribution in [0, 0.1) is 5.41 Å². The molecule has 2 aromatic heterocycles. The standard InChI is InChI=1S/C38H34N6O4/c1-38(2,3)48-37(47)43-34(39)26-15-14-25-21-33(44(32(25)22-26)23-27-11-8-10-24-9-4-5-12-30(24)27)36(46)42-29-18-16-28(17-19-29)41-35(45)31-13-6-7-20-40-31/h4-22H,23H2,1-3H3,(H,41,45)(H,42,46)(H2,39,43,47). The van der Waals surface area contributed by atoms with Crippen LogP contribution in [0.15, 0.2) is 115 Å². The SMILES string of the molecule is CC(C)(C)OC(=O)NC(=N)c1ccc2cc(C(=O)Nc3ccc(NC(=O)c4ccccn4)cc3)n(Cc3cccc4ccccc34)c2c1. The summed E-state index contributed by atoms with van der Waals surface area (Å²) in [6, 6.07) is 33.2. The van der Waals surface area contributed by atoms with Gasteiger partial charge in [-0.1, -0.05) is 60.7 Å². The normalized spacial score (nSPS) is 11.2. The average molecular weight is 639 g/mol. The molecule has 6 aromatic rings. The number of ether oxygens (including phenoxy) is 1. The molecule has 0 aliphatic heterocycles. The molecule has 0 saturated carbocycles. The van der Waals surface area contributed by atoms with Crippen molar-refractivity contribution in [2.75, 3.05) is 10.6 Å². The largest absolute Gasteiger partial charge is 0.444 e. The van der Waals surface area contributed by atoms with E-state index in [4.69, 9.17) is 10.1 Å². The van der Waals surface area contributed by atoms with E-state index in [1.165, 1.54) is 0 Å². The van der Waals surface area contributed by atoms with Gasteiger partial charge in [0.2, 0.25) is 0 Å². The van der Waals surface area contributed by atoms with Gasteiger partial charge in [0, 0.05) is 40.6 Å². The molecule has 10 heteroatoms. The summed E-state index contributed by atoms with van der Waals surface area (Å²) in [6.45, 7) is 5.64. The maximum Gasteiger partial charge on any atom is 0.413 e. The van der Waals surface area contributed by atoms with E-state index in [1.54, 1.807) is 81.6 Å². The van der Waals surface area contributed by atoms with Gasteiger partial charge in [0.1, 0.15) is 22.8 Å². The Morgan fingerprint density at radius 2 is 1.46 bits per heavy atom. The number of nitrogens with zero attached hydrogens (tertiary/aromatic N) is 2. The van der Waals surface area contributed by atoms with Gasteiger partial charge in [0.05, 0.1) is 0 Å². The van der Waals surface area contributed by atoms with Crippen LogP contribution in [-0.4, -0.2) is 38.9 Å². The zero-order valence-electron chi connectivity index (χ0n) is 26.7. The Hall–Kier alpha value is -6.29. The predicted octanol–water partition coefficient (Wildman–Crippen LogP) is 7.59. The van der Waals surface area contributed by atoms with Crippen molar-refractivity contribution >= 4 is 56.8 Å². The molecule has 0 saturated heterocycles. The van der Waals surface area contributed by atoms with Gasteiger partial charge in [0.15, 0.2) is 0 Å². The number of anilines is 2. The first-order valence-corrected chi connectivity index (χ1v) is 15.4. The summed E-state index contributed by atoms with van der Waals surface area (Å²) < 4.78 is 7.24. The first-order chi connectivity index (χ1) is 23.0. The molecule has 4 N–H and O–H groups in total. The molecule has 48 heavy (non-hydrogen) atoms. The van der Waals surface area contributed by atoms with E-state index < -0.39 is 11.7 Å². The van der Waals surface area contributed by atoms with Gasteiger partial charge in [-0.05, 0) is 85.6 Å². The summed E-state index contributed by atoms with van der Waals surface area (Å²) in [5.41, 5.74) is 3.29. The topological polar surface area (TPSA) is 138 Å². The van der Waals surface area contributed by atoms with Crippen LogP contribution >= 0.6 is 0 Å². The highest BCUT2D eigenvalue weighted by Gasteiger charge is 2.21. The smallest absolute Gasteiger partial charge is 0.413 e. The molecule has 3 amide bonds. The number of hydrogen-bond acceptors (Lipinski definition) is 6. The third-order valence-corrected chi connectivity index (χ3v) is 7.56. The maximum atomic E-state index is 13.9. The van der Waals surface area contributed by atoms with Crippen molar-refractivity contribution in [2.24, 2.45) is 0 Å². The molecule has 2 heterocycles. The van der Waals surface area contributed by atoms with Crippen LogP contribution in [0.5, 0.6) is 0 Å². The number of carbonyl (C=O) groups is 3. The molecule has 0 aliphatic rings.